The molecule has 0 bridgehead atoms. The quantitative estimate of drug-likeness (QED) is 0.187. The highest BCUT2D eigenvalue weighted by Crippen LogP contribution is 2.38. The Morgan fingerprint density at radius 2 is 1.42 bits per heavy atom. The van der Waals surface area contributed by atoms with E-state index in [1.165, 1.54) is 0 Å². The molecule has 3 rings (SSSR count). The molecule has 1 N–H and O–H groups in total. The molecule has 0 aliphatic heterocycles. The summed E-state index contributed by atoms with van der Waals surface area (Å²) in [4.78, 5) is 51.1. The molecule has 0 fully saturated rings. The lowest BCUT2D eigenvalue weighted by atomic mass is 10.0. The molecule has 0 aliphatic rings. The van der Waals surface area contributed by atoms with Crippen molar-refractivity contribution in [3.8, 4) is 5.75 Å². The van der Waals surface area contributed by atoms with Crippen LogP contribution in [0.2, 0.25) is 0 Å². The number of nitro groups is 3. The number of carbonyl (C=O) groups is 2. The second kappa shape index (κ2) is 10.4. The Balaban J connectivity index is 0.000000234. The van der Waals surface area contributed by atoms with E-state index in [0.717, 1.165) is 10.8 Å². The fourth-order valence-corrected chi connectivity index (χ4v) is 2.70. The maximum absolute atomic E-state index is 11.9. The first-order valence-corrected chi connectivity index (χ1v) is 9.07. The van der Waals surface area contributed by atoms with E-state index in [1.807, 2.05) is 30.3 Å². The molecule has 13 nitrogen and oxygen atoms in total. The lowest BCUT2D eigenvalue weighted by molar-refractivity contribution is -0.404. The number of ether oxygens (including phenoxy) is 1. The number of benzene rings is 3. The van der Waals surface area contributed by atoms with E-state index < -0.39 is 49.3 Å². The van der Waals surface area contributed by atoms with Crippen LogP contribution < -0.4 is 0 Å². The molecule has 0 spiro atoms. The first-order valence-electron chi connectivity index (χ1n) is 9.07. The summed E-state index contributed by atoms with van der Waals surface area (Å²) in [6, 6.07) is 13.6. The summed E-state index contributed by atoms with van der Waals surface area (Å²) in [5, 5.41) is 41.9. The van der Waals surface area contributed by atoms with E-state index in [-0.39, 0.29) is 6.61 Å². The van der Waals surface area contributed by atoms with Crippen LogP contribution >= 0.6 is 0 Å². The summed E-state index contributed by atoms with van der Waals surface area (Å²) in [6.45, 7) is 1.88. The van der Waals surface area contributed by atoms with Crippen molar-refractivity contribution in [1.82, 2.24) is 0 Å². The molecule has 170 valence electrons. The van der Waals surface area contributed by atoms with E-state index in [0.29, 0.717) is 17.7 Å². The number of hydrogen-bond acceptors (Lipinski definition) is 10. The highest BCUT2D eigenvalue weighted by molar-refractivity contribution is 6.42. The molecule has 0 unspecified atom stereocenters. The first kappa shape index (κ1) is 24.3. The number of nitro benzene ring substituents is 3. The molecule has 0 saturated carbocycles. The van der Waals surface area contributed by atoms with Gasteiger partial charge in [-0.15, -0.1) is 0 Å². The van der Waals surface area contributed by atoms with Gasteiger partial charge in [0.25, 0.3) is 17.2 Å². The summed E-state index contributed by atoms with van der Waals surface area (Å²) < 4.78 is 4.72. The predicted octanol–water partition coefficient (Wildman–Crippen LogP) is 3.70. The standard InChI is InChI=1S/C14H12O3.C6H3N3O7/c1-2-17-14(16)13(15)12-9-5-7-10-6-3-4-8-11(10)12;10-6-4(8(13)14)1-3(7(11)12)2-5(6)9(15)16/h3-9H,2H2,1H3;1-2,10H. The van der Waals surface area contributed by atoms with E-state index in [4.69, 9.17) is 9.84 Å². The minimum atomic E-state index is -1.21. The maximum Gasteiger partial charge on any atom is 0.379 e. The normalized spacial score (nSPS) is 9.97. The number of hydrogen-bond donors (Lipinski definition) is 1. The lowest BCUT2D eigenvalue weighted by Crippen LogP contribution is -2.17. The highest BCUT2D eigenvalue weighted by atomic mass is 16.6. The third-order valence-corrected chi connectivity index (χ3v) is 4.15. The SMILES string of the molecule is CCOC(=O)C(=O)c1cccc2ccccc12.O=[N+]([O-])c1cc([N+](=O)[O-])c(O)c([N+](=O)[O-])c1. The van der Waals surface area contributed by atoms with Gasteiger partial charge in [-0.1, -0.05) is 42.5 Å². The van der Waals surface area contributed by atoms with E-state index >= 15 is 0 Å². The Hall–Kier alpha value is -4.94. The van der Waals surface area contributed by atoms with Crippen molar-refractivity contribution in [3.05, 3.63) is 90.5 Å². The van der Waals surface area contributed by atoms with Crippen LogP contribution in [0.5, 0.6) is 5.75 Å². The Morgan fingerprint density at radius 3 is 1.94 bits per heavy atom. The number of phenolic OH excluding ortho intramolecular Hbond substituents is 1. The number of Topliss-reactive ketones (excluding diaryl/α,β-unsaturated/α-hetero) is 1. The van der Waals surface area contributed by atoms with Gasteiger partial charge in [0.2, 0.25) is 0 Å². The van der Waals surface area contributed by atoms with Crippen LogP contribution in [0, 0.1) is 30.3 Å². The summed E-state index contributed by atoms with van der Waals surface area (Å²) in [7, 11) is 0. The smallest absolute Gasteiger partial charge is 0.379 e. The Kier molecular flexibility index (Phi) is 7.66. The van der Waals surface area contributed by atoms with Crippen LogP contribution in [-0.4, -0.2) is 38.2 Å². The van der Waals surface area contributed by atoms with Crippen molar-refractivity contribution in [3.63, 3.8) is 0 Å². The number of ketones is 1. The maximum atomic E-state index is 11.9. The molecule has 3 aromatic carbocycles. The summed E-state index contributed by atoms with van der Waals surface area (Å²) in [6.07, 6.45) is 0. The van der Waals surface area contributed by atoms with Gasteiger partial charge in [0.15, 0.2) is 0 Å². The number of fused-ring (bicyclic) bond motifs is 1. The van der Waals surface area contributed by atoms with Crippen LogP contribution in [0.1, 0.15) is 17.3 Å². The van der Waals surface area contributed by atoms with Crippen molar-refractivity contribution < 1.29 is 34.2 Å². The first-order chi connectivity index (χ1) is 15.6. The van der Waals surface area contributed by atoms with Gasteiger partial charge in [-0.25, -0.2) is 4.79 Å². The fourth-order valence-electron chi connectivity index (χ4n) is 2.70. The topological polar surface area (TPSA) is 193 Å². The van der Waals surface area contributed by atoms with Crippen molar-refractivity contribution >= 4 is 39.6 Å². The molecular formula is C20H15N3O10. The average Bonchev–Trinajstić information content (AvgIpc) is 2.78. The molecule has 0 heterocycles. The van der Waals surface area contributed by atoms with Crippen molar-refractivity contribution in [2.45, 2.75) is 6.92 Å². The molecule has 0 aromatic heterocycles. The molecule has 13 heteroatoms. The molecule has 3 aromatic rings. The monoisotopic (exact) mass is 457 g/mol. The Morgan fingerprint density at radius 1 is 0.879 bits per heavy atom. The molecule has 33 heavy (non-hydrogen) atoms. The van der Waals surface area contributed by atoms with E-state index in [1.54, 1.807) is 19.1 Å². The van der Waals surface area contributed by atoms with Crippen LogP contribution in [0.3, 0.4) is 0 Å². The Labute approximate surface area is 184 Å². The Bertz CT molecular complexity index is 1230. The van der Waals surface area contributed by atoms with Gasteiger partial charge >= 0.3 is 17.3 Å². The number of non-ortho nitro benzene ring substituents is 1. The van der Waals surface area contributed by atoms with Crippen molar-refractivity contribution in [2.75, 3.05) is 6.61 Å². The summed E-state index contributed by atoms with van der Waals surface area (Å²) >= 11 is 0. The minimum Gasteiger partial charge on any atom is -0.497 e. The second-order valence-electron chi connectivity index (χ2n) is 6.18. The molecular weight excluding hydrogens is 442 g/mol. The van der Waals surface area contributed by atoms with E-state index in [9.17, 15) is 39.9 Å². The highest BCUT2D eigenvalue weighted by Gasteiger charge is 2.30. The largest absolute Gasteiger partial charge is 0.497 e. The molecule has 0 radical (unpaired) electrons. The van der Waals surface area contributed by atoms with Gasteiger partial charge in [0, 0.05) is 5.56 Å². The lowest BCUT2D eigenvalue weighted by Gasteiger charge is -2.04. The van der Waals surface area contributed by atoms with Gasteiger partial charge in [-0.05, 0) is 17.7 Å². The molecule has 0 aliphatic carbocycles. The zero-order valence-electron chi connectivity index (χ0n) is 16.9. The van der Waals surface area contributed by atoms with E-state index in [2.05, 4.69) is 0 Å². The van der Waals surface area contributed by atoms with Gasteiger partial charge in [0.1, 0.15) is 0 Å². The number of nitrogens with zero attached hydrogens (tertiary/aromatic N) is 3. The molecule has 0 saturated heterocycles. The van der Waals surface area contributed by atoms with Crippen LogP contribution in [0.25, 0.3) is 10.8 Å². The summed E-state index contributed by atoms with van der Waals surface area (Å²) in [5.41, 5.74) is -2.61. The van der Waals surface area contributed by atoms with Crippen LogP contribution in [-0.2, 0) is 9.53 Å². The minimum absolute atomic E-state index is 0.204. The van der Waals surface area contributed by atoms with Crippen LogP contribution in [0.4, 0.5) is 17.1 Å². The molecule has 0 atom stereocenters. The number of esters is 1. The van der Waals surface area contributed by atoms with Gasteiger partial charge < -0.3 is 9.84 Å². The zero-order valence-corrected chi connectivity index (χ0v) is 16.9. The van der Waals surface area contributed by atoms with Gasteiger partial charge in [0.05, 0.1) is 33.5 Å². The van der Waals surface area contributed by atoms with Gasteiger partial charge in [-0.3, -0.25) is 35.1 Å². The third kappa shape index (κ3) is 5.61. The third-order valence-electron chi connectivity index (χ3n) is 4.15. The number of carbonyl (C=O) groups excluding carboxylic acids is 2. The van der Waals surface area contributed by atoms with Crippen molar-refractivity contribution in [2.24, 2.45) is 0 Å². The summed E-state index contributed by atoms with van der Waals surface area (Å²) in [5.74, 6) is -2.60. The van der Waals surface area contributed by atoms with Crippen molar-refractivity contribution in [1.29, 1.82) is 0 Å². The second-order valence-corrected chi connectivity index (χ2v) is 6.18. The fraction of sp³-hybridized carbons (Fsp3) is 0.100. The number of rotatable bonds is 6. The zero-order chi connectivity index (χ0) is 24.7. The number of phenols is 1. The van der Waals surface area contributed by atoms with Gasteiger partial charge in [-0.2, -0.15) is 0 Å². The average molecular weight is 457 g/mol. The molecule has 0 amide bonds. The number of aromatic hydroxyl groups is 1. The van der Waals surface area contributed by atoms with Crippen LogP contribution in [0.15, 0.2) is 54.6 Å². The predicted molar refractivity (Wildman–Crippen MR) is 113 cm³/mol.